The zero-order valence-electron chi connectivity index (χ0n) is 21.6. The molecule has 0 fully saturated rings. The fraction of sp³-hybridized carbons (Fsp3) is 0.259. The van der Waals surface area contributed by atoms with E-state index in [1.807, 2.05) is 13.1 Å². The molecule has 3 aromatic rings. The molecule has 0 radical (unpaired) electrons. The van der Waals surface area contributed by atoms with Crippen molar-refractivity contribution in [1.29, 1.82) is 10.0 Å². The molecule has 0 saturated heterocycles. The van der Waals surface area contributed by atoms with Gasteiger partial charge in [0.25, 0.3) is 11.8 Å². The second-order valence-electron chi connectivity index (χ2n) is 9.00. The van der Waals surface area contributed by atoms with Crippen molar-refractivity contribution in [2.24, 2.45) is 0 Å². The van der Waals surface area contributed by atoms with Crippen LogP contribution in [0.5, 0.6) is 17.4 Å². The molecule has 4 rings (SSSR count). The monoisotopic (exact) mass is 532 g/mol. The predicted molar refractivity (Wildman–Crippen MR) is 144 cm³/mol. The number of carbonyl (C=O) groups excluding carboxylic acids is 1. The second-order valence-corrected chi connectivity index (χ2v) is 11.2. The minimum Gasteiger partial charge on any atom is -0.493 e. The average molecular weight is 533 g/mol. The van der Waals surface area contributed by atoms with Crippen LogP contribution in [0.2, 0.25) is 0 Å². The van der Waals surface area contributed by atoms with Crippen molar-refractivity contribution >= 4 is 26.9 Å². The van der Waals surface area contributed by atoms with Crippen molar-refractivity contribution in [1.82, 2.24) is 15.1 Å². The van der Waals surface area contributed by atoms with Crippen molar-refractivity contribution in [2.75, 3.05) is 38.8 Å². The van der Waals surface area contributed by atoms with Crippen LogP contribution in [0.4, 0.5) is 5.69 Å². The fourth-order valence-corrected chi connectivity index (χ4v) is 4.75. The number of hydrogen-bond acceptors (Lipinski definition) is 9. The summed E-state index contributed by atoms with van der Waals surface area (Å²) in [6, 6.07) is 13.1. The zero-order valence-corrected chi connectivity index (χ0v) is 22.4. The number of methoxy groups -OCH3 is 1. The van der Waals surface area contributed by atoms with Crippen LogP contribution in [0.1, 0.15) is 33.6 Å². The Morgan fingerprint density at radius 2 is 2.00 bits per heavy atom. The topological polar surface area (TPSA) is 141 Å². The lowest BCUT2D eigenvalue weighted by Crippen LogP contribution is -2.24. The summed E-state index contributed by atoms with van der Waals surface area (Å²) in [5, 5.41) is 20.7. The number of anilines is 1. The summed E-state index contributed by atoms with van der Waals surface area (Å²) in [6.45, 7) is 3.40. The van der Waals surface area contributed by atoms with Crippen LogP contribution in [-0.4, -0.2) is 58.7 Å². The van der Waals surface area contributed by atoms with Gasteiger partial charge in [0.1, 0.15) is 5.56 Å². The first-order chi connectivity index (χ1) is 18.1. The predicted octanol–water partition coefficient (Wildman–Crippen LogP) is 4.46. The number of likely N-dealkylation sites (N-methyl/N-ethyl adjacent to an activating group) is 1. The van der Waals surface area contributed by atoms with Crippen molar-refractivity contribution in [3.63, 3.8) is 0 Å². The van der Waals surface area contributed by atoms with Gasteiger partial charge < -0.3 is 19.7 Å². The van der Waals surface area contributed by atoms with E-state index in [-0.39, 0.29) is 17.2 Å². The summed E-state index contributed by atoms with van der Waals surface area (Å²) >= 11 is 0. The molecule has 1 aliphatic heterocycles. The molecule has 0 bridgehead atoms. The number of carbonyl (C=O) groups is 1. The van der Waals surface area contributed by atoms with Crippen LogP contribution in [-0.2, 0) is 9.73 Å². The van der Waals surface area contributed by atoms with E-state index < -0.39 is 15.6 Å². The molecule has 196 valence electrons. The third-order valence-corrected chi connectivity index (χ3v) is 7.32. The van der Waals surface area contributed by atoms with E-state index in [1.54, 1.807) is 37.3 Å². The highest BCUT2D eigenvalue weighted by Crippen LogP contribution is 2.35. The number of hydrogen-bond donors (Lipinski definition) is 2. The van der Waals surface area contributed by atoms with Gasteiger partial charge in [-0.25, -0.2) is 8.99 Å². The van der Waals surface area contributed by atoms with Gasteiger partial charge in [0.15, 0.2) is 11.5 Å². The van der Waals surface area contributed by atoms with Crippen molar-refractivity contribution < 1.29 is 18.5 Å². The smallest absolute Gasteiger partial charge is 0.261 e. The molecule has 0 spiro atoms. The summed E-state index contributed by atoms with van der Waals surface area (Å²) in [4.78, 5) is 16.2. The van der Waals surface area contributed by atoms with E-state index in [0.717, 1.165) is 25.1 Å². The van der Waals surface area contributed by atoms with Crippen LogP contribution in [0, 0.1) is 23.0 Å². The fourth-order valence-electron chi connectivity index (χ4n) is 4.06. The molecular weight excluding hydrogens is 504 g/mol. The minimum absolute atomic E-state index is 0.0313. The number of rotatable bonds is 7. The van der Waals surface area contributed by atoms with E-state index in [9.17, 15) is 14.3 Å². The Hall–Kier alpha value is -4.27. The third-order valence-electron chi connectivity index (χ3n) is 6.17. The number of amides is 1. The molecule has 1 atom stereocenters. The van der Waals surface area contributed by atoms with E-state index in [4.69, 9.17) is 14.3 Å². The molecule has 2 aromatic carbocycles. The number of ether oxygens (including phenoxy) is 2. The van der Waals surface area contributed by atoms with Crippen LogP contribution in [0.3, 0.4) is 0 Å². The molecule has 1 aromatic heterocycles. The lowest BCUT2D eigenvalue weighted by atomic mass is 9.98. The first-order valence-electron chi connectivity index (χ1n) is 11.8. The van der Waals surface area contributed by atoms with Gasteiger partial charge in [-0.2, -0.15) is 5.26 Å². The Bertz CT molecular complexity index is 1580. The SMILES string of the molecule is COc1cc(C#N)ccc1Oc1nnc(C2=CCN(C)CC2)c(C)c1C(=O)Nc1cccc(S(C)(=N)=O)c1. The molecule has 10 nitrogen and oxygen atoms in total. The largest absolute Gasteiger partial charge is 0.493 e. The van der Waals surface area contributed by atoms with Crippen LogP contribution in [0.15, 0.2) is 53.4 Å². The molecule has 2 heterocycles. The number of nitrogens with one attached hydrogen (secondary N) is 2. The summed E-state index contributed by atoms with van der Waals surface area (Å²) in [7, 11) is 0.518. The highest BCUT2D eigenvalue weighted by Gasteiger charge is 2.25. The lowest BCUT2D eigenvalue weighted by Gasteiger charge is -2.23. The Kier molecular flexibility index (Phi) is 7.75. The maximum Gasteiger partial charge on any atom is 0.261 e. The normalized spacial score (nSPS) is 15.1. The van der Waals surface area contributed by atoms with E-state index in [1.165, 1.54) is 25.5 Å². The summed E-state index contributed by atoms with van der Waals surface area (Å²) in [5.41, 5.74) is 3.14. The second kappa shape index (κ2) is 11.0. The Morgan fingerprint density at radius 1 is 1.21 bits per heavy atom. The van der Waals surface area contributed by atoms with Gasteiger partial charge >= 0.3 is 0 Å². The number of benzene rings is 2. The van der Waals surface area contributed by atoms with E-state index in [0.29, 0.717) is 33.2 Å². The summed E-state index contributed by atoms with van der Waals surface area (Å²) < 4.78 is 31.5. The van der Waals surface area contributed by atoms with Crippen LogP contribution < -0.4 is 14.8 Å². The molecular formula is C27H28N6O4S. The van der Waals surface area contributed by atoms with E-state index in [2.05, 4.69) is 26.5 Å². The van der Waals surface area contributed by atoms with Crippen LogP contribution in [0.25, 0.3) is 5.57 Å². The number of nitriles is 1. The number of aromatic nitrogens is 2. The molecule has 2 N–H and O–H groups in total. The third kappa shape index (κ3) is 5.82. The van der Waals surface area contributed by atoms with Crippen LogP contribution >= 0.6 is 0 Å². The van der Waals surface area contributed by atoms with Gasteiger partial charge in [0, 0.05) is 36.0 Å². The zero-order chi connectivity index (χ0) is 27.4. The molecule has 0 saturated carbocycles. The number of nitrogens with zero attached hydrogens (tertiary/aromatic N) is 4. The molecule has 1 amide bonds. The van der Waals surface area contributed by atoms with Gasteiger partial charge in [-0.05, 0) is 61.9 Å². The quantitative estimate of drug-likeness (QED) is 0.454. The Labute approximate surface area is 221 Å². The van der Waals surface area contributed by atoms with E-state index >= 15 is 0 Å². The Balaban J connectivity index is 1.78. The first-order valence-corrected chi connectivity index (χ1v) is 13.7. The highest BCUT2D eigenvalue weighted by atomic mass is 32.2. The standard InChI is InChI=1S/C27H28N6O4S/c1-17-24(26(34)30-20-6-5-7-21(15-20)38(4,29)35)27(32-31-25(17)19-10-12-33(2)13-11-19)37-22-9-8-18(16-28)14-23(22)36-3/h5-10,14-15,29H,11-13H2,1-4H3,(H,30,34). The minimum atomic E-state index is -2.97. The molecule has 1 unspecified atom stereocenters. The maximum atomic E-state index is 13.7. The van der Waals surface area contributed by atoms with Gasteiger partial charge in [-0.15, -0.1) is 10.2 Å². The first kappa shape index (κ1) is 26.8. The summed E-state index contributed by atoms with van der Waals surface area (Å²) in [5.74, 6) is 0.0380. The Morgan fingerprint density at radius 3 is 2.66 bits per heavy atom. The van der Waals surface area contributed by atoms with Gasteiger partial charge in [-0.1, -0.05) is 12.1 Å². The molecule has 38 heavy (non-hydrogen) atoms. The highest BCUT2D eigenvalue weighted by molar-refractivity contribution is 7.91. The molecule has 1 aliphatic rings. The summed E-state index contributed by atoms with van der Waals surface area (Å²) in [6.07, 6.45) is 4.15. The average Bonchev–Trinajstić information content (AvgIpc) is 2.89. The van der Waals surface area contributed by atoms with Gasteiger partial charge in [-0.3, -0.25) is 4.79 Å². The van der Waals surface area contributed by atoms with Crippen molar-refractivity contribution in [3.05, 3.63) is 70.9 Å². The van der Waals surface area contributed by atoms with Gasteiger partial charge in [0.2, 0.25) is 0 Å². The van der Waals surface area contributed by atoms with Crippen molar-refractivity contribution in [2.45, 2.75) is 18.2 Å². The lowest BCUT2D eigenvalue weighted by molar-refractivity contribution is 0.102. The van der Waals surface area contributed by atoms with Crippen molar-refractivity contribution in [3.8, 4) is 23.4 Å². The molecule has 0 aliphatic carbocycles. The van der Waals surface area contributed by atoms with Gasteiger partial charge in [0.05, 0.1) is 34.2 Å². The molecule has 11 heteroatoms. The maximum absolute atomic E-state index is 13.7.